The second-order valence-corrected chi connectivity index (χ2v) is 4.30. The van der Waals surface area contributed by atoms with E-state index in [2.05, 4.69) is 0 Å². The molecule has 0 aliphatic carbocycles. The fourth-order valence-electron chi connectivity index (χ4n) is 2.40. The molecule has 0 saturated carbocycles. The fourth-order valence-corrected chi connectivity index (χ4v) is 2.40. The Morgan fingerprint density at radius 1 is 1.06 bits per heavy atom. The predicted octanol–water partition coefficient (Wildman–Crippen LogP) is 2.31. The average molecular weight is 241 g/mol. The van der Waals surface area contributed by atoms with Crippen LogP contribution in [0.25, 0.3) is 10.8 Å². The molecule has 2 amide bonds. The quantitative estimate of drug-likeness (QED) is 0.720. The highest BCUT2D eigenvalue weighted by Gasteiger charge is 2.33. The van der Waals surface area contributed by atoms with Crippen LogP contribution in [-0.4, -0.2) is 24.0 Å². The van der Waals surface area contributed by atoms with Crippen LogP contribution in [0.5, 0.6) is 0 Å². The molecular formula is C14H11NO3. The van der Waals surface area contributed by atoms with Crippen LogP contribution >= 0.6 is 0 Å². The molecule has 0 bridgehead atoms. The number of amides is 2. The molecule has 1 heterocycles. The van der Waals surface area contributed by atoms with Gasteiger partial charge in [0.05, 0.1) is 18.2 Å². The van der Waals surface area contributed by atoms with Gasteiger partial charge in [0.1, 0.15) is 0 Å². The van der Waals surface area contributed by atoms with Crippen LogP contribution in [0.1, 0.15) is 26.3 Å². The maximum Gasteiger partial charge on any atom is 0.285 e. The van der Waals surface area contributed by atoms with Gasteiger partial charge in [-0.15, -0.1) is 5.06 Å². The molecule has 0 aromatic heterocycles. The second-order valence-electron chi connectivity index (χ2n) is 4.30. The predicted molar refractivity (Wildman–Crippen MR) is 66.2 cm³/mol. The first-order chi connectivity index (χ1) is 8.63. The van der Waals surface area contributed by atoms with Crippen LogP contribution in [-0.2, 0) is 4.84 Å². The van der Waals surface area contributed by atoms with Crippen molar-refractivity contribution in [2.45, 2.75) is 6.92 Å². The lowest BCUT2D eigenvalue weighted by atomic mass is 9.93. The lowest BCUT2D eigenvalue weighted by Gasteiger charge is -2.24. The van der Waals surface area contributed by atoms with Crippen LogP contribution in [0.4, 0.5) is 0 Å². The summed E-state index contributed by atoms with van der Waals surface area (Å²) in [6, 6.07) is 9.17. The Labute approximate surface area is 104 Å². The van der Waals surface area contributed by atoms with Gasteiger partial charge in [-0.3, -0.25) is 14.4 Å². The summed E-state index contributed by atoms with van der Waals surface area (Å²) in [5.41, 5.74) is 2.00. The van der Waals surface area contributed by atoms with Crippen LogP contribution in [0.15, 0.2) is 30.3 Å². The number of benzene rings is 2. The van der Waals surface area contributed by atoms with Gasteiger partial charge in [-0.2, -0.15) is 0 Å². The number of nitrogens with zero attached hydrogens (tertiary/aromatic N) is 1. The van der Waals surface area contributed by atoms with Crippen molar-refractivity contribution in [1.29, 1.82) is 0 Å². The Morgan fingerprint density at radius 2 is 1.78 bits per heavy atom. The highest BCUT2D eigenvalue weighted by Crippen LogP contribution is 2.30. The van der Waals surface area contributed by atoms with Crippen LogP contribution in [0.3, 0.4) is 0 Å². The van der Waals surface area contributed by atoms with E-state index in [-0.39, 0.29) is 0 Å². The summed E-state index contributed by atoms with van der Waals surface area (Å²) in [6.07, 6.45) is 0. The zero-order valence-corrected chi connectivity index (χ0v) is 10.1. The molecular weight excluding hydrogens is 230 g/mol. The van der Waals surface area contributed by atoms with Crippen molar-refractivity contribution >= 4 is 22.6 Å². The molecule has 4 nitrogen and oxygen atoms in total. The van der Waals surface area contributed by atoms with E-state index in [1.54, 1.807) is 12.1 Å². The van der Waals surface area contributed by atoms with Crippen molar-refractivity contribution in [3.63, 3.8) is 0 Å². The van der Waals surface area contributed by atoms with Gasteiger partial charge in [0.2, 0.25) is 0 Å². The standard InChI is InChI=1S/C14H11NO3/c1-8-6-9-4-3-5-10-12(9)11(7-8)14(17)15(18-2)13(10)16/h3-7H,1-2H3. The molecule has 0 saturated heterocycles. The molecule has 0 N–H and O–H groups in total. The number of carbonyl (C=O) groups excluding carboxylic acids is 2. The third-order valence-corrected chi connectivity index (χ3v) is 3.13. The average Bonchev–Trinajstić information content (AvgIpc) is 2.36. The lowest BCUT2D eigenvalue weighted by molar-refractivity contribution is -0.0689. The van der Waals surface area contributed by atoms with Gasteiger partial charge in [0, 0.05) is 5.39 Å². The topological polar surface area (TPSA) is 46.6 Å². The van der Waals surface area contributed by atoms with E-state index in [1.165, 1.54) is 7.11 Å². The molecule has 0 fully saturated rings. The van der Waals surface area contributed by atoms with E-state index in [1.807, 2.05) is 25.1 Å². The van der Waals surface area contributed by atoms with Crippen LogP contribution in [0.2, 0.25) is 0 Å². The van der Waals surface area contributed by atoms with Crippen molar-refractivity contribution in [3.8, 4) is 0 Å². The first-order valence-electron chi connectivity index (χ1n) is 5.60. The molecule has 0 atom stereocenters. The number of imide groups is 1. The van der Waals surface area contributed by atoms with E-state index in [0.29, 0.717) is 16.5 Å². The van der Waals surface area contributed by atoms with Gasteiger partial charge in [-0.1, -0.05) is 18.2 Å². The smallest absolute Gasteiger partial charge is 0.266 e. The monoisotopic (exact) mass is 241 g/mol. The number of aryl methyl sites for hydroxylation is 1. The van der Waals surface area contributed by atoms with Crippen molar-refractivity contribution < 1.29 is 14.4 Å². The van der Waals surface area contributed by atoms with Gasteiger partial charge in [0.15, 0.2) is 0 Å². The Bertz CT molecular complexity index is 691. The molecule has 0 unspecified atom stereocenters. The minimum Gasteiger partial charge on any atom is -0.266 e. The lowest BCUT2D eigenvalue weighted by Crippen LogP contribution is -2.39. The number of carbonyl (C=O) groups is 2. The minimum absolute atomic E-state index is 0.408. The molecule has 1 aliphatic rings. The van der Waals surface area contributed by atoms with Gasteiger partial charge < -0.3 is 0 Å². The van der Waals surface area contributed by atoms with Crippen molar-refractivity contribution in [1.82, 2.24) is 5.06 Å². The number of hydroxylamine groups is 2. The Balaban J connectivity index is 2.45. The highest BCUT2D eigenvalue weighted by atomic mass is 16.7. The summed E-state index contributed by atoms with van der Waals surface area (Å²) in [5.74, 6) is -0.820. The summed E-state index contributed by atoms with van der Waals surface area (Å²) in [4.78, 5) is 29.2. The Hall–Kier alpha value is -2.20. The summed E-state index contributed by atoms with van der Waals surface area (Å²) in [5, 5.41) is 2.42. The molecule has 3 rings (SSSR count). The van der Waals surface area contributed by atoms with Crippen molar-refractivity contribution in [2.24, 2.45) is 0 Å². The SMILES string of the molecule is CON1C(=O)c2cccc3cc(C)cc(c23)C1=O. The first kappa shape index (κ1) is 10.9. The van der Waals surface area contributed by atoms with E-state index < -0.39 is 11.8 Å². The molecule has 4 heteroatoms. The van der Waals surface area contributed by atoms with Gasteiger partial charge in [-0.05, 0) is 30.0 Å². The van der Waals surface area contributed by atoms with E-state index in [0.717, 1.165) is 16.0 Å². The first-order valence-corrected chi connectivity index (χ1v) is 5.60. The summed E-state index contributed by atoms with van der Waals surface area (Å²) >= 11 is 0. The van der Waals surface area contributed by atoms with E-state index in [4.69, 9.17) is 4.84 Å². The number of hydrogen-bond donors (Lipinski definition) is 0. The molecule has 1 aliphatic heterocycles. The van der Waals surface area contributed by atoms with E-state index in [9.17, 15) is 9.59 Å². The normalized spacial score (nSPS) is 14.4. The van der Waals surface area contributed by atoms with E-state index >= 15 is 0 Å². The molecule has 18 heavy (non-hydrogen) atoms. The van der Waals surface area contributed by atoms with Gasteiger partial charge in [-0.25, -0.2) is 0 Å². The number of hydrogen-bond acceptors (Lipinski definition) is 3. The molecule has 90 valence electrons. The maximum atomic E-state index is 12.2. The molecule has 2 aromatic carbocycles. The zero-order valence-electron chi connectivity index (χ0n) is 10.1. The Kier molecular flexibility index (Phi) is 2.21. The van der Waals surface area contributed by atoms with Crippen molar-refractivity contribution in [2.75, 3.05) is 7.11 Å². The molecule has 2 aromatic rings. The minimum atomic E-state index is -0.413. The summed E-state index contributed by atoms with van der Waals surface area (Å²) < 4.78 is 0. The fraction of sp³-hybridized carbons (Fsp3) is 0.143. The third kappa shape index (κ3) is 1.29. The Morgan fingerprint density at radius 3 is 2.50 bits per heavy atom. The summed E-state index contributed by atoms with van der Waals surface area (Å²) in [7, 11) is 1.32. The van der Waals surface area contributed by atoms with Crippen LogP contribution in [0, 0.1) is 6.92 Å². The molecule has 0 radical (unpaired) electrons. The number of rotatable bonds is 1. The van der Waals surface area contributed by atoms with Gasteiger partial charge in [0.25, 0.3) is 11.8 Å². The van der Waals surface area contributed by atoms with Crippen molar-refractivity contribution in [3.05, 3.63) is 47.0 Å². The summed E-state index contributed by atoms with van der Waals surface area (Å²) in [6.45, 7) is 1.92. The second kappa shape index (κ2) is 3.65. The largest absolute Gasteiger partial charge is 0.285 e. The maximum absolute atomic E-state index is 12.2. The zero-order chi connectivity index (χ0) is 12.9. The van der Waals surface area contributed by atoms with Gasteiger partial charge >= 0.3 is 0 Å². The highest BCUT2D eigenvalue weighted by molar-refractivity contribution is 6.24. The van der Waals surface area contributed by atoms with Crippen LogP contribution < -0.4 is 0 Å². The molecule has 0 spiro atoms. The third-order valence-electron chi connectivity index (χ3n) is 3.13.